The summed E-state index contributed by atoms with van der Waals surface area (Å²) in [6, 6.07) is 14.8. The number of nitrogens with one attached hydrogen (secondary N) is 5. The van der Waals surface area contributed by atoms with Crippen LogP contribution >= 0.6 is 0 Å². The highest BCUT2D eigenvalue weighted by atomic mass is 16.6. The van der Waals surface area contributed by atoms with E-state index in [9.17, 15) is 28.8 Å². The molecule has 3 aromatic rings. The summed E-state index contributed by atoms with van der Waals surface area (Å²) in [6.45, 7) is 14.7. The number of alkyl carbamates (subject to hydrolysis) is 1. The minimum atomic E-state index is -1.20. The number of benzene rings is 2. The fourth-order valence-corrected chi connectivity index (χ4v) is 7.38. The number of likely N-dealkylation sites (tertiary alicyclic amines) is 1. The number of ether oxygens (including phenoxy) is 2. The Morgan fingerprint density at radius 1 is 0.754 bits per heavy atom. The van der Waals surface area contributed by atoms with Crippen molar-refractivity contribution in [2.75, 3.05) is 20.2 Å². The minimum absolute atomic E-state index is 0.00969. The van der Waals surface area contributed by atoms with Crippen molar-refractivity contribution in [2.45, 2.75) is 129 Å². The van der Waals surface area contributed by atoms with Crippen LogP contribution in [0.15, 0.2) is 79.1 Å². The number of rotatable bonds is 19. The first kappa shape index (κ1) is 51.4. The topological polar surface area (TPSA) is 197 Å². The fraction of sp³-hybridized carbons (Fsp3) is 0.500. The van der Waals surface area contributed by atoms with Crippen LogP contribution in [0.25, 0.3) is 0 Å². The monoisotopic (exact) mass is 894 g/mol. The van der Waals surface area contributed by atoms with Gasteiger partial charge in [-0.25, -0.2) is 9.59 Å². The second-order valence-corrected chi connectivity index (χ2v) is 18.3. The van der Waals surface area contributed by atoms with Gasteiger partial charge in [-0.3, -0.25) is 29.1 Å². The van der Waals surface area contributed by atoms with Crippen molar-refractivity contribution in [3.05, 3.63) is 101 Å². The molecule has 1 aliphatic rings. The summed E-state index contributed by atoms with van der Waals surface area (Å²) in [5.41, 5.74) is 2.45. The van der Waals surface area contributed by atoms with Crippen LogP contribution in [-0.4, -0.2) is 102 Å². The highest BCUT2D eigenvalue weighted by molar-refractivity contribution is 5.96. The summed E-state index contributed by atoms with van der Waals surface area (Å²) in [5.74, 6) is 2.17. The molecule has 0 aliphatic carbocycles. The molecule has 1 aliphatic heterocycles. The van der Waals surface area contributed by atoms with Crippen LogP contribution in [0.5, 0.6) is 0 Å². The number of hydrogen-bond donors (Lipinski definition) is 5. The van der Waals surface area contributed by atoms with Crippen molar-refractivity contribution in [3.63, 3.8) is 0 Å². The maximum absolute atomic E-state index is 14.3. The van der Waals surface area contributed by atoms with Gasteiger partial charge in [0.05, 0.1) is 0 Å². The highest BCUT2D eigenvalue weighted by Crippen LogP contribution is 2.30. The van der Waals surface area contributed by atoms with Crippen molar-refractivity contribution in [1.82, 2.24) is 36.5 Å². The molecule has 15 nitrogen and oxygen atoms in total. The number of carbonyl (C=O) groups excluding carboxylic acids is 6. The van der Waals surface area contributed by atoms with Gasteiger partial charge in [-0.05, 0) is 95.1 Å². The van der Waals surface area contributed by atoms with E-state index < -0.39 is 77.4 Å². The Kier molecular flexibility index (Phi) is 19.5. The van der Waals surface area contributed by atoms with E-state index >= 15 is 0 Å². The summed E-state index contributed by atoms with van der Waals surface area (Å²) in [6.07, 6.45) is 5.30. The van der Waals surface area contributed by atoms with Crippen LogP contribution in [0.3, 0.4) is 0 Å². The SMILES string of the molecule is CC(C)C[C@@H](NC(=O)OC(C)(C)C)C(=O)N[C@H](C(=O)N[C@@H](Cc1ccccc1)C(=O)N[C@@H](Cc1ccccc1)C(=O)N[C@@H](C)C(=O)OCC#Cc1cncc(C2CCCN2C)c1)C(C)C. The molecular formula is C50H67N7O8. The first-order valence-corrected chi connectivity index (χ1v) is 22.4. The van der Waals surface area contributed by atoms with Gasteiger partial charge in [-0.15, -0.1) is 0 Å². The average Bonchev–Trinajstić information content (AvgIpc) is 3.68. The number of pyridine rings is 1. The summed E-state index contributed by atoms with van der Waals surface area (Å²) >= 11 is 0. The van der Waals surface area contributed by atoms with Crippen molar-refractivity contribution in [1.29, 1.82) is 0 Å². The van der Waals surface area contributed by atoms with Gasteiger partial charge >= 0.3 is 12.1 Å². The van der Waals surface area contributed by atoms with E-state index in [2.05, 4.69) is 55.4 Å². The van der Waals surface area contributed by atoms with E-state index in [1.54, 1.807) is 65.1 Å². The van der Waals surface area contributed by atoms with E-state index in [0.717, 1.165) is 36.1 Å². The zero-order valence-electron chi connectivity index (χ0n) is 39.2. The fourth-order valence-electron chi connectivity index (χ4n) is 7.38. The van der Waals surface area contributed by atoms with Crippen molar-refractivity contribution < 1.29 is 38.2 Å². The van der Waals surface area contributed by atoms with E-state index in [4.69, 9.17) is 9.47 Å². The van der Waals surface area contributed by atoms with Crippen molar-refractivity contribution in [2.24, 2.45) is 11.8 Å². The lowest BCUT2D eigenvalue weighted by Crippen LogP contribution is -2.60. The molecule has 1 aromatic heterocycles. The van der Waals surface area contributed by atoms with Gasteiger partial charge in [0, 0.05) is 36.8 Å². The van der Waals surface area contributed by atoms with Gasteiger partial charge in [-0.1, -0.05) is 100 Å². The normalized spacial score (nSPS) is 16.1. The Morgan fingerprint density at radius 2 is 1.32 bits per heavy atom. The molecule has 1 saturated heterocycles. The first-order chi connectivity index (χ1) is 30.8. The summed E-state index contributed by atoms with van der Waals surface area (Å²) in [4.78, 5) is 88.5. The predicted octanol–water partition coefficient (Wildman–Crippen LogP) is 4.78. The van der Waals surface area contributed by atoms with Crippen LogP contribution in [0.2, 0.25) is 0 Å². The van der Waals surface area contributed by atoms with Gasteiger partial charge < -0.3 is 36.1 Å². The van der Waals surface area contributed by atoms with Crippen LogP contribution in [0.1, 0.15) is 103 Å². The lowest BCUT2D eigenvalue weighted by molar-refractivity contribution is -0.146. The summed E-state index contributed by atoms with van der Waals surface area (Å²) < 4.78 is 10.8. The second-order valence-electron chi connectivity index (χ2n) is 18.3. The number of hydrogen-bond acceptors (Lipinski definition) is 10. The van der Waals surface area contributed by atoms with E-state index in [-0.39, 0.29) is 37.8 Å². The third kappa shape index (κ3) is 17.3. The molecule has 15 heteroatoms. The standard InChI is InChI=1S/C50H67N7O8/c1-32(2)26-39(55-49(63)65-50(6,7)8)46(60)56-43(33(3)4)47(61)54-41(29-36-20-14-11-15-21-36)45(59)53-40(28-35-18-12-10-13-19-35)44(58)52-34(5)48(62)64-25-17-22-37-27-38(31-51-30-37)42-23-16-24-57(42)9/h10-15,18-21,27,30-34,39-43H,16,23-26,28-29H2,1-9H3,(H,52,58)(H,53,59)(H,54,61)(H,55,63)(H,56,60)/t34-,39+,40-,41-,42?,43-/m0/s1. The van der Waals surface area contributed by atoms with Gasteiger partial charge in [-0.2, -0.15) is 0 Å². The summed E-state index contributed by atoms with van der Waals surface area (Å²) in [5, 5.41) is 13.8. The molecule has 6 atom stereocenters. The number of carbonyl (C=O) groups is 6. The predicted molar refractivity (Wildman–Crippen MR) is 248 cm³/mol. The average molecular weight is 894 g/mol. The molecule has 5 amide bonds. The maximum atomic E-state index is 14.3. The Hall–Kier alpha value is -6.27. The summed E-state index contributed by atoms with van der Waals surface area (Å²) in [7, 11) is 2.09. The Balaban J connectivity index is 1.48. The van der Waals surface area contributed by atoms with E-state index in [0.29, 0.717) is 5.56 Å². The first-order valence-electron chi connectivity index (χ1n) is 22.4. The van der Waals surface area contributed by atoms with Crippen LogP contribution < -0.4 is 26.6 Å². The molecule has 1 unspecified atom stereocenters. The molecule has 1 fully saturated rings. The molecule has 350 valence electrons. The smallest absolute Gasteiger partial charge is 0.408 e. The lowest BCUT2D eigenvalue weighted by Gasteiger charge is -2.29. The molecule has 0 radical (unpaired) electrons. The highest BCUT2D eigenvalue weighted by Gasteiger charge is 2.34. The minimum Gasteiger partial charge on any atom is -0.451 e. The van der Waals surface area contributed by atoms with E-state index in [1.807, 2.05) is 62.5 Å². The largest absolute Gasteiger partial charge is 0.451 e. The zero-order chi connectivity index (χ0) is 47.7. The molecule has 2 aromatic carbocycles. The van der Waals surface area contributed by atoms with Gasteiger partial charge in [0.1, 0.15) is 35.8 Å². The number of nitrogens with zero attached hydrogens (tertiary/aromatic N) is 2. The van der Waals surface area contributed by atoms with Crippen LogP contribution in [0, 0.1) is 23.7 Å². The Morgan fingerprint density at radius 3 is 1.86 bits per heavy atom. The van der Waals surface area contributed by atoms with Gasteiger partial charge in [0.15, 0.2) is 6.61 Å². The second kappa shape index (κ2) is 24.7. The Labute approximate surface area is 384 Å². The quantitative estimate of drug-likeness (QED) is 0.0825. The maximum Gasteiger partial charge on any atom is 0.408 e. The van der Waals surface area contributed by atoms with Crippen LogP contribution in [0.4, 0.5) is 4.79 Å². The molecule has 5 N–H and O–H groups in total. The number of aromatic nitrogens is 1. The zero-order valence-corrected chi connectivity index (χ0v) is 39.2. The van der Waals surface area contributed by atoms with Crippen molar-refractivity contribution >= 4 is 35.7 Å². The number of amides is 5. The molecule has 65 heavy (non-hydrogen) atoms. The number of esters is 1. The molecule has 0 spiro atoms. The third-order valence-corrected chi connectivity index (χ3v) is 10.7. The van der Waals surface area contributed by atoms with Crippen LogP contribution in [-0.2, 0) is 46.3 Å². The third-order valence-electron chi connectivity index (χ3n) is 10.7. The molecular weight excluding hydrogens is 827 g/mol. The van der Waals surface area contributed by atoms with E-state index in [1.165, 1.54) is 6.92 Å². The molecule has 0 saturated carbocycles. The molecule has 4 rings (SSSR count). The molecule has 0 bridgehead atoms. The van der Waals surface area contributed by atoms with Gasteiger partial charge in [0.2, 0.25) is 23.6 Å². The van der Waals surface area contributed by atoms with Crippen molar-refractivity contribution in [3.8, 4) is 11.8 Å². The molecule has 2 heterocycles. The lowest BCUT2D eigenvalue weighted by atomic mass is 9.98. The van der Waals surface area contributed by atoms with Gasteiger partial charge in [0.25, 0.3) is 0 Å². The Bertz CT molecular complexity index is 2130.